The van der Waals surface area contributed by atoms with Crippen LogP contribution in [0.5, 0.6) is 11.5 Å². The third-order valence-electron chi connectivity index (χ3n) is 3.71. The lowest BCUT2D eigenvalue weighted by atomic mass is 10.1. The first kappa shape index (κ1) is 17.5. The van der Waals surface area contributed by atoms with Crippen LogP contribution >= 0.6 is 15.9 Å². The van der Waals surface area contributed by atoms with Crippen molar-refractivity contribution in [2.45, 2.75) is 19.5 Å². The van der Waals surface area contributed by atoms with Gasteiger partial charge in [-0.3, -0.25) is 0 Å². The molecule has 0 fully saturated rings. The van der Waals surface area contributed by atoms with Crippen LogP contribution in [0, 0.1) is 0 Å². The highest BCUT2D eigenvalue weighted by atomic mass is 79.9. The van der Waals surface area contributed by atoms with Crippen molar-refractivity contribution >= 4 is 15.9 Å². The largest absolute Gasteiger partial charge is 0.497 e. The number of methoxy groups -OCH3 is 2. The molecule has 0 aliphatic carbocycles. The van der Waals surface area contributed by atoms with Crippen LogP contribution in [0.3, 0.4) is 0 Å². The quantitative estimate of drug-likeness (QED) is 0.634. The number of nitrogens with zero attached hydrogens (tertiary/aromatic N) is 2. The Labute approximate surface area is 153 Å². The summed E-state index contributed by atoms with van der Waals surface area (Å²) in [6.45, 7) is 2.44. The van der Waals surface area contributed by atoms with E-state index in [2.05, 4.69) is 31.4 Å². The van der Waals surface area contributed by atoms with Gasteiger partial charge in [-0.15, -0.1) is 10.2 Å². The highest BCUT2D eigenvalue weighted by molar-refractivity contribution is 9.10. The standard InChI is InChI=1S/C17H18BrN3O4/c1-10(12-8-11(22-2)4-5-13(12)23-3)19-9-16-20-21-17(25-16)14-6-7-15(18)24-14/h4-8,10,19H,9H2,1-3H3. The highest BCUT2D eigenvalue weighted by Crippen LogP contribution is 2.29. The van der Waals surface area contributed by atoms with Crippen LogP contribution in [0.1, 0.15) is 24.4 Å². The second-order valence-electron chi connectivity index (χ2n) is 5.32. The van der Waals surface area contributed by atoms with Crippen LogP contribution in [0.2, 0.25) is 0 Å². The lowest BCUT2D eigenvalue weighted by molar-refractivity contribution is 0.387. The minimum Gasteiger partial charge on any atom is -0.497 e. The fraction of sp³-hybridized carbons (Fsp3) is 0.294. The Balaban J connectivity index is 1.68. The average Bonchev–Trinajstić information content (AvgIpc) is 3.27. The van der Waals surface area contributed by atoms with E-state index in [0.717, 1.165) is 17.1 Å². The summed E-state index contributed by atoms with van der Waals surface area (Å²) in [6, 6.07) is 9.22. The van der Waals surface area contributed by atoms with E-state index in [1.165, 1.54) is 0 Å². The zero-order valence-corrected chi connectivity index (χ0v) is 15.7. The number of halogens is 1. The Morgan fingerprint density at radius 2 is 1.96 bits per heavy atom. The van der Waals surface area contributed by atoms with Gasteiger partial charge in [-0.05, 0) is 53.2 Å². The smallest absolute Gasteiger partial charge is 0.283 e. The van der Waals surface area contributed by atoms with E-state index in [-0.39, 0.29) is 6.04 Å². The molecule has 1 unspecified atom stereocenters. The third kappa shape index (κ3) is 4.02. The average molecular weight is 408 g/mol. The van der Waals surface area contributed by atoms with Crippen molar-refractivity contribution in [3.05, 3.63) is 46.5 Å². The summed E-state index contributed by atoms with van der Waals surface area (Å²) >= 11 is 3.25. The Kier molecular flexibility index (Phi) is 5.40. The predicted octanol–water partition coefficient (Wildman–Crippen LogP) is 3.96. The Hall–Kier alpha value is -2.32. The van der Waals surface area contributed by atoms with E-state index in [4.69, 9.17) is 18.3 Å². The zero-order valence-electron chi connectivity index (χ0n) is 14.1. The lowest BCUT2D eigenvalue weighted by Gasteiger charge is -2.17. The number of benzene rings is 1. The first-order chi connectivity index (χ1) is 12.1. The van der Waals surface area contributed by atoms with Crippen molar-refractivity contribution in [3.63, 3.8) is 0 Å². The Morgan fingerprint density at radius 1 is 1.12 bits per heavy atom. The maximum Gasteiger partial charge on any atom is 0.283 e. The SMILES string of the molecule is COc1ccc(OC)c(C(C)NCc2nnc(-c3ccc(Br)o3)o2)c1. The fourth-order valence-corrected chi connectivity index (χ4v) is 2.69. The molecule has 8 heteroatoms. The third-order valence-corrected chi connectivity index (χ3v) is 4.14. The molecule has 2 aromatic heterocycles. The molecule has 0 saturated heterocycles. The number of ether oxygens (including phenoxy) is 2. The van der Waals surface area contributed by atoms with Gasteiger partial charge in [-0.1, -0.05) is 0 Å². The summed E-state index contributed by atoms with van der Waals surface area (Å²) in [7, 11) is 3.28. The second kappa shape index (κ2) is 7.71. The van der Waals surface area contributed by atoms with Gasteiger partial charge in [-0.25, -0.2) is 0 Å². The van der Waals surface area contributed by atoms with Crippen molar-refractivity contribution in [2.75, 3.05) is 14.2 Å². The van der Waals surface area contributed by atoms with E-state index < -0.39 is 0 Å². The number of rotatable bonds is 7. The molecule has 3 rings (SSSR count). The molecule has 0 aliphatic rings. The minimum absolute atomic E-state index is 0.00171. The normalized spacial score (nSPS) is 12.2. The van der Waals surface area contributed by atoms with Crippen molar-refractivity contribution in [1.29, 1.82) is 0 Å². The van der Waals surface area contributed by atoms with E-state index >= 15 is 0 Å². The van der Waals surface area contributed by atoms with Crippen molar-refractivity contribution in [1.82, 2.24) is 15.5 Å². The Bertz CT molecular complexity index is 846. The topological polar surface area (TPSA) is 82.5 Å². The lowest BCUT2D eigenvalue weighted by Crippen LogP contribution is -2.19. The molecule has 0 amide bonds. The van der Waals surface area contributed by atoms with Crippen LogP contribution in [-0.4, -0.2) is 24.4 Å². The van der Waals surface area contributed by atoms with Gasteiger partial charge in [0.25, 0.3) is 5.89 Å². The molecule has 0 radical (unpaired) electrons. The molecule has 2 heterocycles. The molecule has 1 N–H and O–H groups in total. The van der Waals surface area contributed by atoms with Gasteiger partial charge < -0.3 is 23.6 Å². The molecule has 0 spiro atoms. The van der Waals surface area contributed by atoms with Gasteiger partial charge >= 0.3 is 0 Å². The summed E-state index contributed by atoms with van der Waals surface area (Å²) in [5.41, 5.74) is 0.983. The molecular formula is C17H18BrN3O4. The predicted molar refractivity (Wildman–Crippen MR) is 94.5 cm³/mol. The van der Waals surface area contributed by atoms with Crippen LogP contribution in [0.25, 0.3) is 11.7 Å². The van der Waals surface area contributed by atoms with Gasteiger partial charge in [0.05, 0.1) is 20.8 Å². The van der Waals surface area contributed by atoms with Gasteiger partial charge in [0.1, 0.15) is 11.5 Å². The molecule has 7 nitrogen and oxygen atoms in total. The first-order valence-corrected chi connectivity index (χ1v) is 8.43. The van der Waals surface area contributed by atoms with Crippen molar-refractivity contribution < 1.29 is 18.3 Å². The molecule has 1 atom stereocenters. The first-order valence-electron chi connectivity index (χ1n) is 7.64. The number of hydrogen-bond acceptors (Lipinski definition) is 7. The molecule has 0 saturated carbocycles. The summed E-state index contributed by atoms with van der Waals surface area (Å²) < 4.78 is 22.3. The number of furan rings is 1. The van der Waals surface area contributed by atoms with Crippen molar-refractivity contribution in [2.24, 2.45) is 0 Å². The maximum absolute atomic E-state index is 5.62. The van der Waals surface area contributed by atoms with Gasteiger partial charge in [0, 0.05) is 11.6 Å². The van der Waals surface area contributed by atoms with E-state index in [9.17, 15) is 0 Å². The number of hydrogen-bond donors (Lipinski definition) is 1. The second-order valence-corrected chi connectivity index (χ2v) is 6.10. The van der Waals surface area contributed by atoms with Crippen LogP contribution in [0.4, 0.5) is 0 Å². The Morgan fingerprint density at radius 3 is 2.64 bits per heavy atom. The van der Waals surface area contributed by atoms with Crippen LogP contribution in [0.15, 0.2) is 43.8 Å². The van der Waals surface area contributed by atoms with E-state index in [0.29, 0.717) is 28.8 Å². The summed E-state index contributed by atoms with van der Waals surface area (Å²) in [5.74, 6) is 2.89. The van der Waals surface area contributed by atoms with Gasteiger partial charge in [-0.2, -0.15) is 0 Å². The molecule has 132 valence electrons. The molecular weight excluding hydrogens is 390 g/mol. The summed E-state index contributed by atoms with van der Waals surface area (Å²) in [6.07, 6.45) is 0. The monoisotopic (exact) mass is 407 g/mol. The number of aromatic nitrogens is 2. The van der Waals surface area contributed by atoms with E-state index in [1.54, 1.807) is 26.4 Å². The zero-order chi connectivity index (χ0) is 17.8. The van der Waals surface area contributed by atoms with Gasteiger partial charge in [0.2, 0.25) is 5.89 Å². The fourth-order valence-electron chi connectivity index (χ4n) is 2.38. The molecule has 0 aliphatic heterocycles. The van der Waals surface area contributed by atoms with E-state index in [1.807, 2.05) is 25.1 Å². The highest BCUT2D eigenvalue weighted by Gasteiger charge is 2.16. The molecule has 25 heavy (non-hydrogen) atoms. The minimum atomic E-state index is -0.00171. The summed E-state index contributed by atoms with van der Waals surface area (Å²) in [4.78, 5) is 0. The van der Waals surface area contributed by atoms with Crippen molar-refractivity contribution in [3.8, 4) is 23.1 Å². The van der Waals surface area contributed by atoms with Crippen LogP contribution in [-0.2, 0) is 6.54 Å². The number of nitrogens with one attached hydrogen (secondary N) is 1. The van der Waals surface area contributed by atoms with Gasteiger partial charge in [0.15, 0.2) is 10.4 Å². The summed E-state index contributed by atoms with van der Waals surface area (Å²) in [5, 5.41) is 11.4. The molecule has 1 aromatic carbocycles. The maximum atomic E-state index is 5.62. The molecule has 0 bridgehead atoms. The molecule has 3 aromatic rings. The van der Waals surface area contributed by atoms with Crippen LogP contribution < -0.4 is 14.8 Å².